The molecule has 0 saturated heterocycles. The molecule has 1 amide bonds. The number of benzene rings is 2. The monoisotopic (exact) mass is 388 g/mol. The molecular weight excluding hydrogens is 372 g/mol. The zero-order valence-electron chi connectivity index (χ0n) is 14.5. The number of fused-ring (bicyclic) bond motifs is 1. The van der Waals surface area contributed by atoms with E-state index in [0.29, 0.717) is 16.5 Å². The summed E-state index contributed by atoms with van der Waals surface area (Å²) in [5.41, 5.74) is 1.68. The molecule has 140 valence electrons. The molecule has 3 rings (SSSR count). The van der Waals surface area contributed by atoms with Gasteiger partial charge in [0.2, 0.25) is 0 Å². The molecule has 2 N–H and O–H groups in total. The van der Waals surface area contributed by atoms with E-state index in [9.17, 15) is 18.0 Å². The number of methoxy groups -OCH3 is 1. The van der Waals surface area contributed by atoms with Crippen LogP contribution in [0.1, 0.15) is 10.5 Å². The molecule has 0 aliphatic heterocycles. The standard InChI is InChI=1S/C17H16N4O5S/c1-21-17(23)14-6-4-3-5-13(14)15(19-21)16(22)18-20-27(24,25)12-9-7-11(26-2)8-10-12/h3-10,20H,1-2H3,(H,18,22). The van der Waals surface area contributed by atoms with E-state index >= 15 is 0 Å². The van der Waals surface area contributed by atoms with Crippen LogP contribution in [0.4, 0.5) is 0 Å². The summed E-state index contributed by atoms with van der Waals surface area (Å²) in [6.07, 6.45) is 0. The number of aromatic nitrogens is 2. The average Bonchev–Trinajstić information content (AvgIpc) is 2.69. The van der Waals surface area contributed by atoms with Crippen molar-refractivity contribution >= 4 is 26.7 Å². The van der Waals surface area contributed by atoms with Crippen LogP contribution >= 0.6 is 0 Å². The Morgan fingerprint density at radius 2 is 1.70 bits per heavy atom. The molecule has 0 fully saturated rings. The van der Waals surface area contributed by atoms with Gasteiger partial charge >= 0.3 is 0 Å². The molecular formula is C17H16N4O5S. The van der Waals surface area contributed by atoms with Crippen molar-refractivity contribution in [3.63, 3.8) is 0 Å². The number of amides is 1. The number of hydrazine groups is 1. The van der Waals surface area contributed by atoms with Crippen molar-refractivity contribution in [1.29, 1.82) is 0 Å². The highest BCUT2D eigenvalue weighted by Crippen LogP contribution is 2.15. The van der Waals surface area contributed by atoms with Crippen molar-refractivity contribution in [3.8, 4) is 5.75 Å². The summed E-state index contributed by atoms with van der Waals surface area (Å²) in [6.45, 7) is 0. The lowest BCUT2D eigenvalue weighted by Gasteiger charge is -2.10. The summed E-state index contributed by atoms with van der Waals surface area (Å²) in [5.74, 6) is -0.294. The van der Waals surface area contributed by atoms with E-state index in [1.54, 1.807) is 24.3 Å². The van der Waals surface area contributed by atoms with Crippen LogP contribution < -0.4 is 20.6 Å². The van der Waals surface area contributed by atoms with E-state index in [1.165, 1.54) is 38.4 Å². The van der Waals surface area contributed by atoms with Crippen LogP contribution in [0.3, 0.4) is 0 Å². The van der Waals surface area contributed by atoms with Crippen LogP contribution in [0, 0.1) is 0 Å². The van der Waals surface area contributed by atoms with Crippen LogP contribution in [0.25, 0.3) is 10.8 Å². The number of ether oxygens (including phenoxy) is 1. The molecule has 9 nitrogen and oxygen atoms in total. The van der Waals surface area contributed by atoms with Gasteiger partial charge in [0.15, 0.2) is 5.69 Å². The van der Waals surface area contributed by atoms with Gasteiger partial charge in [-0.1, -0.05) is 18.2 Å². The van der Waals surface area contributed by atoms with Gasteiger partial charge in [-0.15, -0.1) is 4.83 Å². The predicted molar refractivity (Wildman–Crippen MR) is 97.8 cm³/mol. The molecule has 0 atom stereocenters. The fraction of sp³-hybridized carbons (Fsp3) is 0.118. The van der Waals surface area contributed by atoms with Crippen LogP contribution in [-0.4, -0.2) is 31.2 Å². The normalized spacial score (nSPS) is 11.3. The van der Waals surface area contributed by atoms with Crippen molar-refractivity contribution in [2.75, 3.05) is 7.11 Å². The third-order valence-electron chi connectivity index (χ3n) is 3.84. The van der Waals surface area contributed by atoms with Gasteiger partial charge in [0.1, 0.15) is 5.75 Å². The minimum atomic E-state index is -3.99. The third kappa shape index (κ3) is 3.66. The van der Waals surface area contributed by atoms with Crippen LogP contribution in [0.2, 0.25) is 0 Å². The van der Waals surface area contributed by atoms with E-state index in [1.807, 2.05) is 4.83 Å². The first-order valence-corrected chi connectivity index (χ1v) is 9.24. The van der Waals surface area contributed by atoms with Crippen molar-refractivity contribution in [2.24, 2.45) is 7.05 Å². The van der Waals surface area contributed by atoms with E-state index in [-0.39, 0.29) is 16.1 Å². The number of hydrogen-bond donors (Lipinski definition) is 2. The molecule has 0 aliphatic rings. The van der Waals surface area contributed by atoms with Gasteiger partial charge in [0, 0.05) is 12.4 Å². The second-order valence-corrected chi connectivity index (χ2v) is 7.24. The van der Waals surface area contributed by atoms with Crippen LogP contribution in [-0.2, 0) is 17.1 Å². The lowest BCUT2D eigenvalue weighted by molar-refractivity contribution is 0.0940. The molecule has 10 heteroatoms. The van der Waals surface area contributed by atoms with Crippen molar-refractivity contribution in [1.82, 2.24) is 20.0 Å². The van der Waals surface area contributed by atoms with Crippen molar-refractivity contribution in [3.05, 3.63) is 64.6 Å². The van der Waals surface area contributed by atoms with Gasteiger partial charge < -0.3 is 4.74 Å². The summed E-state index contributed by atoms with van der Waals surface area (Å²) >= 11 is 0. The maximum absolute atomic E-state index is 12.5. The van der Waals surface area contributed by atoms with Gasteiger partial charge in [0.05, 0.1) is 17.4 Å². The van der Waals surface area contributed by atoms with Crippen molar-refractivity contribution < 1.29 is 17.9 Å². The summed E-state index contributed by atoms with van der Waals surface area (Å²) < 4.78 is 30.6. The molecule has 0 saturated carbocycles. The molecule has 1 aromatic heterocycles. The number of carbonyl (C=O) groups excluding carboxylic acids is 1. The molecule has 0 spiro atoms. The van der Waals surface area contributed by atoms with E-state index in [2.05, 4.69) is 10.5 Å². The number of nitrogens with one attached hydrogen (secondary N) is 2. The van der Waals surface area contributed by atoms with E-state index in [4.69, 9.17) is 4.74 Å². The Balaban J connectivity index is 1.87. The summed E-state index contributed by atoms with van der Waals surface area (Å²) in [6, 6.07) is 12.1. The Morgan fingerprint density at radius 1 is 1.07 bits per heavy atom. The first kappa shape index (κ1) is 18.5. The van der Waals surface area contributed by atoms with Crippen molar-refractivity contribution in [2.45, 2.75) is 4.90 Å². The predicted octanol–water partition coefficient (Wildman–Crippen LogP) is 0.565. The Labute approximate surface area is 154 Å². The smallest absolute Gasteiger partial charge is 0.287 e. The lowest BCUT2D eigenvalue weighted by Crippen LogP contribution is -2.42. The highest BCUT2D eigenvalue weighted by atomic mass is 32.2. The second kappa shape index (κ2) is 7.17. The highest BCUT2D eigenvalue weighted by Gasteiger charge is 2.19. The first-order valence-electron chi connectivity index (χ1n) is 7.76. The number of aryl methyl sites for hydroxylation is 1. The number of carbonyl (C=O) groups is 1. The molecule has 0 unspecified atom stereocenters. The quantitative estimate of drug-likeness (QED) is 0.617. The number of nitrogens with zero attached hydrogens (tertiary/aromatic N) is 2. The molecule has 0 aliphatic carbocycles. The summed E-state index contributed by atoms with van der Waals surface area (Å²) in [7, 11) is -1.12. The number of sulfonamides is 1. The maximum Gasteiger partial charge on any atom is 0.287 e. The fourth-order valence-electron chi connectivity index (χ4n) is 2.45. The Kier molecular flexibility index (Phi) is 4.93. The van der Waals surface area contributed by atoms with Gasteiger partial charge in [-0.25, -0.2) is 13.1 Å². The molecule has 3 aromatic rings. The van der Waals surface area contributed by atoms with Crippen LogP contribution in [0.15, 0.2) is 58.2 Å². The summed E-state index contributed by atoms with van der Waals surface area (Å²) in [5, 5.41) is 4.56. The molecule has 0 radical (unpaired) electrons. The molecule has 2 aromatic carbocycles. The zero-order chi connectivity index (χ0) is 19.6. The molecule has 1 heterocycles. The largest absolute Gasteiger partial charge is 0.497 e. The molecule has 27 heavy (non-hydrogen) atoms. The average molecular weight is 388 g/mol. The zero-order valence-corrected chi connectivity index (χ0v) is 15.3. The topological polar surface area (TPSA) is 119 Å². The maximum atomic E-state index is 12.5. The minimum absolute atomic E-state index is 0.0538. The Morgan fingerprint density at radius 3 is 2.33 bits per heavy atom. The van der Waals surface area contributed by atoms with Crippen LogP contribution in [0.5, 0.6) is 5.75 Å². The number of rotatable bonds is 5. The van der Waals surface area contributed by atoms with Gasteiger partial charge in [-0.05, 0) is 30.3 Å². The summed E-state index contributed by atoms with van der Waals surface area (Å²) in [4.78, 5) is 26.5. The molecule has 0 bridgehead atoms. The van der Waals surface area contributed by atoms with Gasteiger partial charge in [-0.3, -0.25) is 15.0 Å². The highest BCUT2D eigenvalue weighted by molar-refractivity contribution is 7.89. The Bertz CT molecular complexity index is 1170. The number of hydrogen-bond acceptors (Lipinski definition) is 6. The SMILES string of the molecule is COc1ccc(S(=O)(=O)NNC(=O)c2nn(C)c(=O)c3ccccc23)cc1. The van der Waals surface area contributed by atoms with Gasteiger partial charge in [-0.2, -0.15) is 5.10 Å². The van der Waals surface area contributed by atoms with E-state index < -0.39 is 15.9 Å². The second-order valence-electron chi connectivity index (χ2n) is 5.56. The lowest BCUT2D eigenvalue weighted by atomic mass is 10.1. The first-order chi connectivity index (χ1) is 12.8. The third-order valence-corrected chi connectivity index (χ3v) is 5.10. The fourth-order valence-corrected chi connectivity index (χ4v) is 3.29. The minimum Gasteiger partial charge on any atom is -0.497 e. The van der Waals surface area contributed by atoms with E-state index in [0.717, 1.165) is 4.68 Å². The Hall–Kier alpha value is -3.24. The van der Waals surface area contributed by atoms with Gasteiger partial charge in [0.25, 0.3) is 21.5 Å².